The Bertz CT molecular complexity index is 3780. The monoisotopic (exact) mass is 1650 g/mol. The highest BCUT2D eigenvalue weighted by atomic mass is 16.4. The number of hydrogen-bond acceptors (Lipinski definition) is 24. The number of carbonyl (C=O) groups excluding carboxylic acids is 16. The van der Waals surface area contributed by atoms with Gasteiger partial charge in [0, 0.05) is 39.3 Å². The van der Waals surface area contributed by atoms with E-state index in [1.807, 2.05) is 0 Å². The van der Waals surface area contributed by atoms with Crippen LogP contribution in [0.25, 0.3) is 0 Å². The molecule has 0 radical (unpaired) electrons. The number of amides is 16. The highest BCUT2D eigenvalue weighted by Gasteiger charge is 2.37. The molecule has 46 heteroatoms. The summed E-state index contributed by atoms with van der Waals surface area (Å²) in [6.45, 7) is 3.59. The molecule has 46 nitrogen and oxygen atoms in total. The lowest BCUT2D eigenvalue weighted by Crippen LogP contribution is -2.61. The van der Waals surface area contributed by atoms with Crippen LogP contribution in [0.4, 0.5) is 0 Å². The summed E-state index contributed by atoms with van der Waals surface area (Å²) >= 11 is 0. The molecular weight excluding hydrogens is 1540 g/mol. The molecule has 0 unspecified atom stereocenters. The number of carboxylic acid groups (broad SMARTS) is 2. The van der Waals surface area contributed by atoms with E-state index in [0.717, 1.165) is 13.8 Å². The standard InChI is InChI=1S/C71H110N22O24/c1-35(2)25-46(87-66(114)49(32-94)90-59(107)38(6)82-53(100)29-78-39(7)97)65(113)86-43(15-11-23-76-70(72)73)62(110)85-44(16-12-24-77-71(74)75)63(111)91-50(33-95)67(115)88-47(26-40-13-9-8-10-14-40)60(108)80-28-52(99)79-30-54(101)83-37(5)58(106)84-45(21-22-55(102)103)64(112)93-57(36(3)4)69(117)92-51(34-96)68(116)89-48(61(109)81-31-56(104)105)27-41-17-19-42(98)20-18-41/h8-10,13-14,17-20,35-38,43-51,57,94-96,98H,11-12,15-16,21-34H2,1-7H3,(H,78,97)(H,79,99)(H,80,108)(H,81,109)(H,82,100)(H,83,101)(H,84,106)(H,85,110)(H,86,113)(H,87,114)(H,88,115)(H,89,116)(H,90,107)(H,91,111)(H,92,117)(H,93,112)(H,102,103)(H,104,105)(H4,72,73,76)(H4,74,75,77)/t37-,38-,43-,44-,45-,46-,47-,48-,49-,50-,51-,57-/m0/s1. The number of carboxylic acids is 2. The maximum absolute atomic E-state index is 14.4. The van der Waals surface area contributed by atoms with Crippen molar-refractivity contribution in [3.05, 3.63) is 65.7 Å². The third kappa shape index (κ3) is 40.1. The van der Waals surface area contributed by atoms with Gasteiger partial charge in [-0.25, -0.2) is 0 Å². The lowest BCUT2D eigenvalue weighted by molar-refractivity contribution is -0.139. The van der Waals surface area contributed by atoms with Gasteiger partial charge in [-0.1, -0.05) is 70.2 Å². The van der Waals surface area contributed by atoms with Crippen LogP contribution in [0.5, 0.6) is 5.75 Å². The fourth-order valence-electron chi connectivity index (χ4n) is 10.6. The van der Waals surface area contributed by atoms with Crippen LogP contribution in [-0.4, -0.2) is 281 Å². The summed E-state index contributed by atoms with van der Waals surface area (Å²) in [5.74, 6) is -21.0. The molecule has 0 saturated carbocycles. The van der Waals surface area contributed by atoms with Gasteiger partial charge in [0.05, 0.1) is 39.5 Å². The predicted octanol–water partition coefficient (Wildman–Crippen LogP) is -10.3. The summed E-state index contributed by atoms with van der Waals surface area (Å²) in [4.78, 5) is 238. The van der Waals surface area contributed by atoms with Crippen molar-refractivity contribution in [3.8, 4) is 5.75 Å². The molecule has 0 bridgehead atoms. The number of aromatic hydroxyl groups is 1. The van der Waals surface area contributed by atoms with Gasteiger partial charge in [0.1, 0.15) is 84.8 Å². The molecule has 16 amide bonds. The number of guanidine groups is 2. The van der Waals surface area contributed by atoms with E-state index in [9.17, 15) is 112 Å². The van der Waals surface area contributed by atoms with Gasteiger partial charge in [0.2, 0.25) is 94.5 Å². The van der Waals surface area contributed by atoms with E-state index in [1.165, 1.54) is 45.0 Å². The summed E-state index contributed by atoms with van der Waals surface area (Å²) < 4.78 is 0. The van der Waals surface area contributed by atoms with Crippen LogP contribution in [0.15, 0.2) is 54.6 Å². The Balaban J connectivity index is 2.29. The molecule has 0 heterocycles. The molecule has 0 saturated heterocycles. The van der Waals surface area contributed by atoms with Crippen molar-refractivity contribution >= 4 is 118 Å². The molecule has 30 N–H and O–H groups in total. The van der Waals surface area contributed by atoms with Crippen molar-refractivity contribution in [2.45, 2.75) is 179 Å². The van der Waals surface area contributed by atoms with Crippen molar-refractivity contribution in [2.24, 2.45) is 23.3 Å². The zero-order valence-electron chi connectivity index (χ0n) is 65.7. The van der Waals surface area contributed by atoms with Crippen molar-refractivity contribution < 1.29 is 117 Å². The third-order valence-corrected chi connectivity index (χ3v) is 16.8. The number of phenols is 1. The average Bonchev–Trinajstić information content (AvgIpc) is 0.849. The summed E-state index contributed by atoms with van der Waals surface area (Å²) in [6.07, 6.45) is -2.40. The summed E-state index contributed by atoms with van der Waals surface area (Å²) in [7, 11) is 0. The van der Waals surface area contributed by atoms with Gasteiger partial charge < -0.3 is 138 Å². The Morgan fingerprint density at radius 2 is 0.726 bits per heavy atom. The Morgan fingerprint density at radius 1 is 0.368 bits per heavy atom. The molecule has 0 aliphatic heterocycles. The molecule has 2 aromatic rings. The number of benzene rings is 2. The lowest BCUT2D eigenvalue weighted by atomic mass is 10.0. The molecule has 2 rings (SSSR count). The lowest BCUT2D eigenvalue weighted by Gasteiger charge is -2.28. The number of aliphatic hydroxyl groups is 3. The Kier molecular flexibility index (Phi) is 45.0. The smallest absolute Gasteiger partial charge is 0.322 e. The number of rotatable bonds is 53. The van der Waals surface area contributed by atoms with Crippen LogP contribution in [-0.2, 0) is 99.1 Å². The van der Waals surface area contributed by atoms with Gasteiger partial charge in [0.25, 0.3) is 0 Å². The Hall–Kier alpha value is -12.9. The van der Waals surface area contributed by atoms with Gasteiger partial charge in [-0.05, 0) is 87.5 Å². The van der Waals surface area contributed by atoms with Gasteiger partial charge >= 0.3 is 11.9 Å². The molecule has 0 aliphatic carbocycles. The predicted molar refractivity (Wildman–Crippen MR) is 413 cm³/mol. The van der Waals surface area contributed by atoms with Gasteiger partial charge in [-0.3, -0.25) is 97.1 Å². The Labute approximate surface area is 672 Å². The van der Waals surface area contributed by atoms with E-state index in [0.29, 0.717) is 11.1 Å². The zero-order chi connectivity index (χ0) is 88.2. The van der Waals surface area contributed by atoms with Crippen molar-refractivity contribution in [1.29, 1.82) is 10.8 Å². The molecule has 12 atom stereocenters. The largest absolute Gasteiger partial charge is 0.508 e. The first kappa shape index (κ1) is 100. The molecule has 2 aromatic carbocycles. The fraction of sp³-hybridized carbons (Fsp3) is 0.549. The summed E-state index contributed by atoms with van der Waals surface area (Å²) in [5, 5.41) is 117. The SMILES string of the molecule is CC(=O)NCC(=O)N[C@@H](C)C(=O)N[C@@H](CO)C(=O)N[C@@H](CC(C)C)C(=O)N[C@@H](CCCNC(=N)N)C(=O)N[C@@H](CCCNC(=N)N)C(=O)N[C@@H](CO)C(=O)N[C@@H](Cc1ccccc1)C(=O)NCC(=O)NCC(=O)N[C@@H](C)C(=O)N[C@@H](CCC(=O)O)C(=O)N[C@H](C(=O)N[C@@H](CO)C(=O)N[C@@H](Cc1ccc(O)cc1)C(=O)NCC(=O)O)C(C)C. The normalized spacial score (nSPS) is 13.9. The fourth-order valence-corrected chi connectivity index (χ4v) is 10.6. The van der Waals surface area contributed by atoms with Gasteiger partial charge in [0.15, 0.2) is 11.9 Å². The first-order valence-electron chi connectivity index (χ1n) is 37.0. The molecule has 648 valence electrons. The molecule has 0 fully saturated rings. The van der Waals surface area contributed by atoms with E-state index in [1.54, 1.807) is 44.2 Å². The summed E-state index contributed by atoms with van der Waals surface area (Å²) in [6, 6.07) is -5.71. The number of carbonyl (C=O) groups is 18. The number of phenolic OH excluding ortho intramolecular Hbond substituents is 1. The number of aliphatic hydroxyl groups excluding tert-OH is 3. The van der Waals surface area contributed by atoms with Crippen LogP contribution in [0.1, 0.15) is 105 Å². The average molecular weight is 1660 g/mol. The number of aliphatic carboxylic acids is 2. The third-order valence-electron chi connectivity index (χ3n) is 16.8. The maximum atomic E-state index is 14.4. The molecule has 0 aliphatic rings. The highest BCUT2D eigenvalue weighted by Crippen LogP contribution is 2.14. The molecular formula is C71H110N22O24. The van der Waals surface area contributed by atoms with Crippen LogP contribution in [0, 0.1) is 22.7 Å². The Morgan fingerprint density at radius 3 is 1.15 bits per heavy atom. The second kappa shape index (κ2) is 52.5. The first-order chi connectivity index (χ1) is 55.1. The first-order valence-corrected chi connectivity index (χ1v) is 37.0. The second-order valence-electron chi connectivity index (χ2n) is 27.5. The van der Waals surface area contributed by atoms with E-state index in [4.69, 9.17) is 27.4 Å². The van der Waals surface area contributed by atoms with Gasteiger partial charge in [-0.15, -0.1) is 0 Å². The van der Waals surface area contributed by atoms with E-state index >= 15 is 0 Å². The van der Waals surface area contributed by atoms with Crippen molar-refractivity contribution in [1.82, 2.24) is 95.7 Å². The second-order valence-corrected chi connectivity index (χ2v) is 27.5. The van der Waals surface area contributed by atoms with Crippen molar-refractivity contribution in [3.63, 3.8) is 0 Å². The van der Waals surface area contributed by atoms with Crippen LogP contribution < -0.4 is 107 Å². The van der Waals surface area contributed by atoms with E-state index in [2.05, 4.69) is 95.7 Å². The van der Waals surface area contributed by atoms with Crippen LogP contribution in [0.2, 0.25) is 0 Å². The molecule has 117 heavy (non-hydrogen) atoms. The minimum atomic E-state index is -1.88. The maximum Gasteiger partial charge on any atom is 0.322 e. The topological polar surface area (TPSA) is 745 Å². The van der Waals surface area contributed by atoms with Crippen LogP contribution >= 0.6 is 0 Å². The highest BCUT2D eigenvalue weighted by molar-refractivity contribution is 6.00. The number of hydrogen-bond donors (Lipinski definition) is 28. The van der Waals surface area contributed by atoms with E-state index in [-0.39, 0.29) is 69.7 Å². The van der Waals surface area contributed by atoms with Gasteiger partial charge in [-0.2, -0.15) is 0 Å². The van der Waals surface area contributed by atoms with Crippen molar-refractivity contribution in [2.75, 3.05) is 59.1 Å². The van der Waals surface area contributed by atoms with E-state index < -0.39 is 256 Å². The molecule has 0 spiro atoms. The van der Waals surface area contributed by atoms with Crippen LogP contribution in [0.3, 0.4) is 0 Å². The molecule has 0 aromatic heterocycles. The minimum Gasteiger partial charge on any atom is -0.508 e. The number of nitrogens with one attached hydrogen (secondary N) is 20. The zero-order valence-corrected chi connectivity index (χ0v) is 65.7. The quantitative estimate of drug-likeness (QED) is 0.0166. The number of nitrogens with two attached hydrogens (primary N) is 2. The summed E-state index contributed by atoms with van der Waals surface area (Å²) in [5.41, 5.74) is 11.8. The minimum absolute atomic E-state index is 0.00850.